The van der Waals surface area contributed by atoms with Crippen LogP contribution in [0.25, 0.3) is 11.1 Å². The molecule has 2 aromatic rings. The van der Waals surface area contributed by atoms with Gasteiger partial charge in [-0.2, -0.15) is 0 Å². The van der Waals surface area contributed by atoms with Gasteiger partial charge in [0.15, 0.2) is 0 Å². The number of fused-ring (bicyclic) bond motifs is 1. The number of rotatable bonds is 3. The number of benzene rings is 2. The average Bonchev–Trinajstić information content (AvgIpc) is 2.93. The maximum atomic E-state index is 5.44. The Morgan fingerprint density at radius 1 is 1.00 bits per heavy atom. The van der Waals surface area contributed by atoms with E-state index in [-0.39, 0.29) is 0 Å². The second kappa shape index (κ2) is 4.84. The summed E-state index contributed by atoms with van der Waals surface area (Å²) in [5.41, 5.74) is 4.80. The highest BCUT2D eigenvalue weighted by atomic mass is 16.5. The Hall–Kier alpha value is -2.16. The van der Waals surface area contributed by atoms with Gasteiger partial charge >= 0.3 is 0 Å². The fourth-order valence-corrected chi connectivity index (χ4v) is 2.50. The van der Waals surface area contributed by atoms with Crippen molar-refractivity contribution in [3.05, 3.63) is 42.0 Å². The summed E-state index contributed by atoms with van der Waals surface area (Å²) in [6.07, 6.45) is 1.10. The second-order valence-corrected chi connectivity index (χ2v) is 4.61. The van der Waals surface area contributed by atoms with Gasteiger partial charge in [-0.05, 0) is 41.8 Å². The lowest BCUT2D eigenvalue weighted by Crippen LogP contribution is -1.92. The minimum Gasteiger partial charge on any atom is -0.497 e. The van der Waals surface area contributed by atoms with E-state index in [1.165, 1.54) is 11.3 Å². The van der Waals surface area contributed by atoms with Crippen molar-refractivity contribution in [3.8, 4) is 22.6 Å². The highest BCUT2D eigenvalue weighted by Crippen LogP contribution is 2.36. The van der Waals surface area contributed by atoms with Crippen LogP contribution in [0.4, 0.5) is 5.69 Å². The normalized spacial score (nSPS) is 12.7. The fraction of sp³-hybridized carbons (Fsp3) is 0.250. The molecule has 0 aliphatic carbocycles. The van der Waals surface area contributed by atoms with Gasteiger partial charge in [-0.25, -0.2) is 0 Å². The smallest absolute Gasteiger partial charge is 0.126 e. The van der Waals surface area contributed by atoms with Gasteiger partial charge in [0, 0.05) is 17.8 Å². The van der Waals surface area contributed by atoms with Crippen molar-refractivity contribution in [2.24, 2.45) is 0 Å². The Labute approximate surface area is 113 Å². The van der Waals surface area contributed by atoms with Crippen molar-refractivity contribution in [3.63, 3.8) is 0 Å². The van der Waals surface area contributed by atoms with Crippen LogP contribution in [0.15, 0.2) is 36.4 Å². The minimum absolute atomic E-state index is 0.837. The van der Waals surface area contributed by atoms with E-state index in [0.29, 0.717) is 0 Å². The van der Waals surface area contributed by atoms with E-state index >= 15 is 0 Å². The third kappa shape index (κ3) is 2.12. The van der Waals surface area contributed by atoms with Crippen molar-refractivity contribution < 1.29 is 9.47 Å². The van der Waals surface area contributed by atoms with E-state index in [2.05, 4.69) is 23.5 Å². The molecule has 1 heterocycles. The molecule has 98 valence electrons. The highest BCUT2D eigenvalue weighted by Gasteiger charge is 2.13. The summed E-state index contributed by atoms with van der Waals surface area (Å²) in [5, 5.41) is 3.40. The Kier molecular flexibility index (Phi) is 3.03. The molecule has 0 radical (unpaired) electrons. The van der Waals surface area contributed by atoms with Crippen LogP contribution in [0, 0.1) is 0 Å². The number of ether oxygens (including phenoxy) is 2. The lowest BCUT2D eigenvalue weighted by Gasteiger charge is -2.12. The predicted octanol–water partition coefficient (Wildman–Crippen LogP) is 3.34. The summed E-state index contributed by atoms with van der Waals surface area (Å²) in [4.78, 5) is 0. The Morgan fingerprint density at radius 3 is 2.68 bits per heavy atom. The van der Waals surface area contributed by atoms with Gasteiger partial charge in [0.2, 0.25) is 0 Å². The molecule has 19 heavy (non-hydrogen) atoms. The summed E-state index contributed by atoms with van der Waals surface area (Å²) in [6, 6.07) is 12.4. The summed E-state index contributed by atoms with van der Waals surface area (Å²) >= 11 is 0. The third-order valence-electron chi connectivity index (χ3n) is 3.54. The van der Waals surface area contributed by atoms with E-state index in [4.69, 9.17) is 9.47 Å². The summed E-state index contributed by atoms with van der Waals surface area (Å²) in [6.45, 7) is 1.02. The zero-order valence-corrected chi connectivity index (χ0v) is 11.2. The molecule has 2 aromatic carbocycles. The van der Waals surface area contributed by atoms with Crippen molar-refractivity contribution >= 4 is 5.69 Å². The fourth-order valence-electron chi connectivity index (χ4n) is 2.50. The molecule has 1 N–H and O–H groups in total. The first-order valence-electron chi connectivity index (χ1n) is 6.41. The zero-order chi connectivity index (χ0) is 13.2. The monoisotopic (exact) mass is 255 g/mol. The van der Waals surface area contributed by atoms with Crippen LogP contribution in [0.2, 0.25) is 0 Å². The lowest BCUT2D eigenvalue weighted by atomic mass is 10.0. The molecule has 0 amide bonds. The topological polar surface area (TPSA) is 30.5 Å². The van der Waals surface area contributed by atoms with E-state index in [1.54, 1.807) is 14.2 Å². The molecule has 0 saturated heterocycles. The van der Waals surface area contributed by atoms with Crippen LogP contribution in [0.3, 0.4) is 0 Å². The van der Waals surface area contributed by atoms with Crippen LogP contribution in [-0.4, -0.2) is 20.8 Å². The van der Waals surface area contributed by atoms with Gasteiger partial charge in [0.25, 0.3) is 0 Å². The van der Waals surface area contributed by atoms with E-state index in [1.807, 2.05) is 18.2 Å². The number of nitrogens with one attached hydrogen (secondary N) is 1. The second-order valence-electron chi connectivity index (χ2n) is 4.61. The van der Waals surface area contributed by atoms with Crippen molar-refractivity contribution in [2.45, 2.75) is 6.42 Å². The number of hydrogen-bond acceptors (Lipinski definition) is 3. The predicted molar refractivity (Wildman–Crippen MR) is 77.2 cm³/mol. The minimum atomic E-state index is 0.837. The Balaban J connectivity index is 2.10. The molecule has 0 unspecified atom stereocenters. The zero-order valence-electron chi connectivity index (χ0n) is 11.2. The molecule has 0 bridgehead atoms. The molecule has 3 rings (SSSR count). The number of hydrogen-bond donors (Lipinski definition) is 1. The highest BCUT2D eigenvalue weighted by molar-refractivity contribution is 5.76. The van der Waals surface area contributed by atoms with Crippen LogP contribution >= 0.6 is 0 Å². The van der Waals surface area contributed by atoms with Crippen molar-refractivity contribution in [2.75, 3.05) is 26.1 Å². The first-order valence-corrected chi connectivity index (χ1v) is 6.41. The average molecular weight is 255 g/mol. The van der Waals surface area contributed by atoms with E-state index < -0.39 is 0 Å². The number of anilines is 1. The number of methoxy groups -OCH3 is 2. The van der Waals surface area contributed by atoms with Gasteiger partial charge < -0.3 is 14.8 Å². The molecule has 0 saturated carbocycles. The molecule has 0 aromatic heterocycles. The summed E-state index contributed by atoms with van der Waals surface area (Å²) in [7, 11) is 3.37. The maximum absolute atomic E-state index is 5.44. The molecule has 1 aliphatic heterocycles. The molecular weight excluding hydrogens is 238 g/mol. The standard InChI is InChI=1S/C16H17NO2/c1-18-13-5-6-16(19-2)14(10-13)12-4-3-11-7-8-17-15(11)9-12/h3-6,9-10,17H,7-8H2,1-2H3. The van der Waals surface area contributed by atoms with E-state index in [0.717, 1.165) is 35.6 Å². The molecule has 3 nitrogen and oxygen atoms in total. The largest absolute Gasteiger partial charge is 0.497 e. The van der Waals surface area contributed by atoms with Crippen LogP contribution in [0.5, 0.6) is 11.5 Å². The molecule has 1 aliphatic rings. The van der Waals surface area contributed by atoms with Gasteiger partial charge in [-0.3, -0.25) is 0 Å². The van der Waals surface area contributed by atoms with Crippen molar-refractivity contribution in [1.82, 2.24) is 0 Å². The maximum Gasteiger partial charge on any atom is 0.126 e. The lowest BCUT2D eigenvalue weighted by molar-refractivity contribution is 0.404. The summed E-state index contributed by atoms with van der Waals surface area (Å²) < 4.78 is 10.7. The Morgan fingerprint density at radius 2 is 1.89 bits per heavy atom. The van der Waals surface area contributed by atoms with Crippen LogP contribution < -0.4 is 14.8 Å². The van der Waals surface area contributed by atoms with Crippen LogP contribution in [-0.2, 0) is 6.42 Å². The molecule has 0 spiro atoms. The van der Waals surface area contributed by atoms with E-state index in [9.17, 15) is 0 Å². The van der Waals surface area contributed by atoms with Gasteiger partial charge in [-0.1, -0.05) is 12.1 Å². The molecule has 0 atom stereocenters. The molecular formula is C16H17NO2. The van der Waals surface area contributed by atoms with Crippen LogP contribution in [0.1, 0.15) is 5.56 Å². The third-order valence-corrected chi connectivity index (χ3v) is 3.54. The summed E-state index contributed by atoms with van der Waals surface area (Å²) in [5.74, 6) is 1.70. The van der Waals surface area contributed by atoms with Gasteiger partial charge in [0.1, 0.15) is 11.5 Å². The first kappa shape index (κ1) is 11.9. The molecule has 3 heteroatoms. The van der Waals surface area contributed by atoms with Gasteiger partial charge in [0.05, 0.1) is 14.2 Å². The SMILES string of the molecule is COc1ccc(OC)c(-c2ccc3c(c2)NCC3)c1. The van der Waals surface area contributed by atoms with Gasteiger partial charge in [-0.15, -0.1) is 0 Å². The quantitative estimate of drug-likeness (QED) is 0.912. The molecule has 0 fully saturated rings. The van der Waals surface area contributed by atoms with Crippen molar-refractivity contribution in [1.29, 1.82) is 0 Å². The first-order chi connectivity index (χ1) is 9.31. The Bertz CT molecular complexity index is 608.